The van der Waals surface area contributed by atoms with Gasteiger partial charge in [0.05, 0.1) is 18.8 Å². The lowest BCUT2D eigenvalue weighted by Gasteiger charge is -2.14. The van der Waals surface area contributed by atoms with Gasteiger partial charge in [0, 0.05) is 45.7 Å². The van der Waals surface area contributed by atoms with Crippen LogP contribution in [0.4, 0.5) is 0 Å². The lowest BCUT2D eigenvalue weighted by atomic mass is 10.2. The van der Waals surface area contributed by atoms with Crippen molar-refractivity contribution >= 4 is 17.7 Å². The largest absolute Gasteiger partial charge is 0.489 e. The first-order valence-corrected chi connectivity index (χ1v) is 11.9. The maximum absolute atomic E-state index is 12.4. The van der Waals surface area contributed by atoms with E-state index in [2.05, 4.69) is 9.97 Å². The molecule has 176 valence electrons. The van der Waals surface area contributed by atoms with Gasteiger partial charge in [-0.15, -0.1) is 0 Å². The van der Waals surface area contributed by atoms with Crippen LogP contribution in [0.1, 0.15) is 27.8 Å². The summed E-state index contributed by atoms with van der Waals surface area (Å²) < 4.78 is 22.6. The van der Waals surface area contributed by atoms with Crippen molar-refractivity contribution in [1.29, 1.82) is 0 Å². The molecule has 1 aliphatic heterocycles. The van der Waals surface area contributed by atoms with E-state index in [4.69, 9.17) is 18.9 Å². The van der Waals surface area contributed by atoms with Gasteiger partial charge in [-0.3, -0.25) is 9.97 Å². The van der Waals surface area contributed by atoms with Gasteiger partial charge in [-0.25, -0.2) is 4.79 Å². The molecule has 7 nitrogen and oxygen atoms in total. The van der Waals surface area contributed by atoms with Gasteiger partial charge in [-0.05, 0) is 48.5 Å². The van der Waals surface area contributed by atoms with E-state index in [-0.39, 0.29) is 12.9 Å². The van der Waals surface area contributed by atoms with Crippen LogP contribution in [0, 0.1) is 0 Å². The van der Waals surface area contributed by atoms with Crippen molar-refractivity contribution in [3.05, 3.63) is 108 Å². The van der Waals surface area contributed by atoms with Crippen molar-refractivity contribution in [3.8, 4) is 11.5 Å². The lowest BCUT2D eigenvalue weighted by molar-refractivity contribution is -0.0461. The van der Waals surface area contributed by atoms with Crippen LogP contribution in [0.2, 0.25) is 0 Å². The number of esters is 1. The number of nitrogens with zero attached hydrogens (tertiary/aromatic N) is 2. The Bertz CT molecular complexity index is 1280. The standard InChI is InChI=1S/C27H22N2O5S/c30-26(34-22-4-2-1-3-5-22)20-14-19(15-29-16-20)18-33-21-6-8-23(9-7-21)35-25-17-28-11-10-24(25)27-31-12-13-32-27/h1-11,14-17,27H,12-13,18H2. The van der Waals surface area contributed by atoms with Gasteiger partial charge < -0.3 is 18.9 Å². The number of benzene rings is 2. The van der Waals surface area contributed by atoms with Gasteiger partial charge in [-0.1, -0.05) is 30.0 Å². The number of rotatable bonds is 8. The zero-order valence-corrected chi connectivity index (χ0v) is 19.5. The average molecular weight is 487 g/mol. The molecular weight excluding hydrogens is 464 g/mol. The predicted octanol–water partition coefficient (Wildman–Crippen LogP) is 5.47. The Labute approximate surface area is 207 Å². The molecule has 0 amide bonds. The highest BCUT2D eigenvalue weighted by Crippen LogP contribution is 2.36. The number of pyridine rings is 2. The SMILES string of the molecule is O=C(Oc1ccccc1)c1cncc(COc2ccc(Sc3cnccc3C3OCCO3)cc2)c1. The van der Waals surface area contributed by atoms with Crippen molar-refractivity contribution in [1.82, 2.24) is 9.97 Å². The van der Waals surface area contributed by atoms with E-state index in [1.807, 2.05) is 54.7 Å². The molecule has 2 aromatic heterocycles. The zero-order valence-electron chi connectivity index (χ0n) is 18.7. The number of hydrogen-bond acceptors (Lipinski definition) is 8. The minimum absolute atomic E-state index is 0.273. The third kappa shape index (κ3) is 6.05. The Hall–Kier alpha value is -3.72. The maximum atomic E-state index is 12.4. The van der Waals surface area contributed by atoms with E-state index < -0.39 is 5.97 Å². The topological polar surface area (TPSA) is 79.8 Å². The van der Waals surface area contributed by atoms with E-state index in [1.54, 1.807) is 42.4 Å². The van der Waals surface area contributed by atoms with Gasteiger partial charge in [0.25, 0.3) is 0 Å². The summed E-state index contributed by atoms with van der Waals surface area (Å²) in [5.41, 5.74) is 2.10. The van der Waals surface area contributed by atoms with Crippen LogP contribution in [-0.2, 0) is 16.1 Å². The van der Waals surface area contributed by atoms with E-state index in [9.17, 15) is 4.79 Å². The highest BCUT2D eigenvalue weighted by Gasteiger charge is 2.21. The highest BCUT2D eigenvalue weighted by atomic mass is 32.2. The van der Waals surface area contributed by atoms with Gasteiger partial charge in [-0.2, -0.15) is 0 Å². The van der Waals surface area contributed by atoms with Crippen molar-refractivity contribution in [2.45, 2.75) is 22.7 Å². The summed E-state index contributed by atoms with van der Waals surface area (Å²) in [6, 6.07) is 20.4. The van der Waals surface area contributed by atoms with Gasteiger partial charge >= 0.3 is 5.97 Å². The number of ether oxygens (including phenoxy) is 4. The molecule has 1 saturated heterocycles. The van der Waals surface area contributed by atoms with E-state index >= 15 is 0 Å². The Kier molecular flexibility index (Phi) is 7.33. The van der Waals surface area contributed by atoms with Crippen LogP contribution in [0.15, 0.2) is 101 Å². The van der Waals surface area contributed by atoms with Crippen LogP contribution >= 0.6 is 11.8 Å². The number of carbonyl (C=O) groups is 1. The van der Waals surface area contributed by atoms with Crippen LogP contribution < -0.4 is 9.47 Å². The number of para-hydroxylation sites is 1. The summed E-state index contributed by atoms with van der Waals surface area (Å²) in [7, 11) is 0. The molecule has 35 heavy (non-hydrogen) atoms. The summed E-state index contributed by atoms with van der Waals surface area (Å²) >= 11 is 1.59. The molecule has 0 spiro atoms. The molecule has 3 heterocycles. The first kappa shape index (κ1) is 23.0. The Balaban J connectivity index is 1.19. The molecular formula is C27H22N2O5S. The molecule has 2 aromatic carbocycles. The zero-order chi connectivity index (χ0) is 23.9. The van der Waals surface area contributed by atoms with Gasteiger partial charge in [0.2, 0.25) is 0 Å². The predicted molar refractivity (Wildman–Crippen MR) is 129 cm³/mol. The second-order valence-electron chi connectivity index (χ2n) is 7.63. The summed E-state index contributed by atoms with van der Waals surface area (Å²) in [4.78, 5) is 22.8. The summed E-state index contributed by atoms with van der Waals surface area (Å²) in [6.07, 6.45) is 6.36. The third-order valence-corrected chi connectivity index (χ3v) is 6.20. The van der Waals surface area contributed by atoms with Crippen LogP contribution in [0.25, 0.3) is 0 Å². The molecule has 0 radical (unpaired) electrons. The third-order valence-electron chi connectivity index (χ3n) is 5.13. The van der Waals surface area contributed by atoms with Crippen molar-refractivity contribution in [2.24, 2.45) is 0 Å². The normalized spacial score (nSPS) is 13.5. The minimum atomic E-state index is -0.463. The van der Waals surface area contributed by atoms with Crippen molar-refractivity contribution in [2.75, 3.05) is 13.2 Å². The Morgan fingerprint density at radius 3 is 2.51 bits per heavy atom. The number of hydrogen-bond donors (Lipinski definition) is 0. The number of carbonyl (C=O) groups excluding carboxylic acids is 1. The molecule has 0 bridgehead atoms. The first-order valence-electron chi connectivity index (χ1n) is 11.0. The molecule has 1 fully saturated rings. The van der Waals surface area contributed by atoms with Crippen LogP contribution in [-0.4, -0.2) is 29.2 Å². The van der Waals surface area contributed by atoms with Crippen LogP contribution in [0.5, 0.6) is 11.5 Å². The molecule has 0 unspecified atom stereocenters. The van der Waals surface area contributed by atoms with Crippen molar-refractivity contribution < 1.29 is 23.7 Å². The Morgan fingerprint density at radius 1 is 0.914 bits per heavy atom. The van der Waals surface area contributed by atoms with Crippen molar-refractivity contribution in [3.63, 3.8) is 0 Å². The monoisotopic (exact) mass is 486 g/mol. The average Bonchev–Trinajstić information content (AvgIpc) is 3.44. The summed E-state index contributed by atoms with van der Waals surface area (Å²) in [5.74, 6) is 0.731. The minimum Gasteiger partial charge on any atom is -0.489 e. The fourth-order valence-electron chi connectivity index (χ4n) is 3.44. The van der Waals surface area contributed by atoms with Gasteiger partial charge in [0.15, 0.2) is 6.29 Å². The fourth-order valence-corrected chi connectivity index (χ4v) is 4.36. The second-order valence-corrected chi connectivity index (χ2v) is 8.75. The Morgan fingerprint density at radius 2 is 1.71 bits per heavy atom. The van der Waals surface area contributed by atoms with Crippen LogP contribution in [0.3, 0.4) is 0 Å². The highest BCUT2D eigenvalue weighted by molar-refractivity contribution is 7.99. The molecule has 8 heteroatoms. The van der Waals surface area contributed by atoms with E-state index in [0.29, 0.717) is 30.3 Å². The lowest BCUT2D eigenvalue weighted by Crippen LogP contribution is -2.10. The maximum Gasteiger partial charge on any atom is 0.345 e. The molecule has 0 saturated carbocycles. The quantitative estimate of drug-likeness (QED) is 0.240. The number of aromatic nitrogens is 2. The second kappa shape index (κ2) is 11.1. The fraction of sp³-hybridized carbons (Fsp3) is 0.148. The molecule has 0 aliphatic carbocycles. The summed E-state index contributed by atoms with van der Waals surface area (Å²) in [5, 5.41) is 0. The molecule has 4 aromatic rings. The first-order chi connectivity index (χ1) is 17.2. The van der Waals surface area contributed by atoms with E-state index in [1.165, 1.54) is 6.20 Å². The molecule has 5 rings (SSSR count). The molecule has 1 aliphatic rings. The van der Waals surface area contributed by atoms with Gasteiger partial charge in [0.1, 0.15) is 18.1 Å². The smallest absolute Gasteiger partial charge is 0.345 e. The molecule has 0 N–H and O–H groups in total. The van der Waals surface area contributed by atoms with E-state index in [0.717, 1.165) is 20.9 Å². The summed E-state index contributed by atoms with van der Waals surface area (Å²) in [6.45, 7) is 1.46. The molecule has 0 atom stereocenters.